The van der Waals surface area contributed by atoms with Gasteiger partial charge >= 0.3 is 0 Å². The Bertz CT molecular complexity index is 1230. The van der Waals surface area contributed by atoms with Gasteiger partial charge in [0, 0.05) is 36.1 Å². The molecule has 3 aliphatic heterocycles. The number of carbonyl (C=O) groups is 3. The molecule has 0 saturated carbocycles. The minimum atomic E-state index is -0.866. The van der Waals surface area contributed by atoms with Crippen LogP contribution in [0.1, 0.15) is 6.92 Å². The number of rotatable bonds is 7. The number of methoxy groups -OCH3 is 3. The number of hydrogen-bond acceptors (Lipinski definition) is 7. The summed E-state index contributed by atoms with van der Waals surface area (Å²) in [5, 5.41) is 5.61. The molecule has 10 heteroatoms. The Morgan fingerprint density at radius 2 is 1.67 bits per heavy atom. The smallest absolute Gasteiger partial charge is 0.234 e. The van der Waals surface area contributed by atoms with Crippen LogP contribution >= 0.6 is 0 Å². The Labute approximate surface area is 208 Å². The molecule has 188 valence electrons. The second kappa shape index (κ2) is 8.87. The predicted octanol–water partition coefficient (Wildman–Crippen LogP) is 2.60. The van der Waals surface area contributed by atoms with Crippen molar-refractivity contribution in [2.75, 3.05) is 43.4 Å². The second-order valence-electron chi connectivity index (χ2n) is 8.96. The van der Waals surface area contributed by atoms with Crippen LogP contribution in [0, 0.1) is 11.8 Å². The van der Waals surface area contributed by atoms with Gasteiger partial charge in [0.1, 0.15) is 5.60 Å². The molecule has 2 N–H and O–H groups in total. The lowest BCUT2D eigenvalue weighted by molar-refractivity contribution is -0.128. The van der Waals surface area contributed by atoms with Crippen LogP contribution < -0.4 is 29.7 Å². The van der Waals surface area contributed by atoms with Gasteiger partial charge in [-0.1, -0.05) is 12.2 Å². The number of amides is 3. The quantitative estimate of drug-likeness (QED) is 0.570. The summed E-state index contributed by atoms with van der Waals surface area (Å²) >= 11 is 0. The molecule has 0 radical (unpaired) electrons. The lowest BCUT2D eigenvalue weighted by atomic mass is 9.77. The SMILES string of the molecule is COc1cc(NC(=O)[C@@H]2[C@H]3C=C[C@]4(CN(c5ccc(NC(C)=O)cc5)C(=O)[C@@H]24)O3)cc(OC)c1OC. The molecule has 4 atom stereocenters. The Morgan fingerprint density at radius 1 is 1.00 bits per heavy atom. The van der Waals surface area contributed by atoms with E-state index in [1.54, 1.807) is 41.3 Å². The van der Waals surface area contributed by atoms with Crippen LogP contribution in [-0.4, -0.2) is 57.3 Å². The van der Waals surface area contributed by atoms with Crippen molar-refractivity contribution in [3.05, 3.63) is 48.6 Å². The topological polar surface area (TPSA) is 115 Å². The molecule has 36 heavy (non-hydrogen) atoms. The normalized spacial score (nSPS) is 25.5. The van der Waals surface area contributed by atoms with E-state index >= 15 is 0 Å². The summed E-state index contributed by atoms with van der Waals surface area (Å²) in [6.45, 7) is 1.73. The Kier molecular flexibility index (Phi) is 5.83. The molecule has 5 rings (SSSR count). The Hall–Kier alpha value is -4.05. The number of hydrogen-bond donors (Lipinski definition) is 2. The predicted molar refractivity (Wildman–Crippen MR) is 132 cm³/mol. The zero-order chi connectivity index (χ0) is 25.6. The lowest BCUT2D eigenvalue weighted by Gasteiger charge is -2.24. The first-order valence-electron chi connectivity index (χ1n) is 11.5. The number of ether oxygens (including phenoxy) is 4. The highest BCUT2D eigenvalue weighted by molar-refractivity contribution is 6.05. The van der Waals surface area contributed by atoms with Gasteiger partial charge in [-0.05, 0) is 24.3 Å². The Balaban J connectivity index is 1.39. The van der Waals surface area contributed by atoms with Crippen molar-refractivity contribution in [3.63, 3.8) is 0 Å². The van der Waals surface area contributed by atoms with Crippen molar-refractivity contribution >= 4 is 34.8 Å². The van der Waals surface area contributed by atoms with Crippen LogP contribution in [-0.2, 0) is 19.1 Å². The van der Waals surface area contributed by atoms with Gasteiger partial charge in [0.25, 0.3) is 0 Å². The third-order valence-electron chi connectivity index (χ3n) is 6.83. The maximum atomic E-state index is 13.6. The fourth-order valence-corrected chi connectivity index (χ4v) is 5.32. The van der Waals surface area contributed by atoms with E-state index in [0.717, 1.165) is 0 Å². The number of nitrogens with one attached hydrogen (secondary N) is 2. The molecule has 1 spiro atoms. The number of carbonyl (C=O) groups excluding carboxylic acids is 3. The summed E-state index contributed by atoms with van der Waals surface area (Å²) < 4.78 is 22.3. The number of anilines is 3. The van der Waals surface area contributed by atoms with Gasteiger partial charge in [-0.3, -0.25) is 14.4 Å². The van der Waals surface area contributed by atoms with E-state index in [1.807, 2.05) is 12.2 Å². The largest absolute Gasteiger partial charge is 0.493 e. The standard InChI is InChI=1S/C26H27N3O7/c1-14(30)27-15-5-7-17(8-6-15)29-13-26-10-9-18(36-26)21(22(26)25(29)32)24(31)28-16-11-19(33-2)23(35-4)20(12-16)34-3/h5-12,18,21-22H,13H2,1-4H3,(H,27,30)(H,28,31)/t18-,21-,22-,26-/m1/s1. The molecule has 0 unspecified atom stereocenters. The maximum Gasteiger partial charge on any atom is 0.234 e. The third kappa shape index (κ3) is 3.74. The molecule has 10 nitrogen and oxygen atoms in total. The summed E-state index contributed by atoms with van der Waals surface area (Å²) in [5.74, 6) is -0.841. The minimum Gasteiger partial charge on any atom is -0.493 e. The molecule has 2 aromatic carbocycles. The molecule has 2 fully saturated rings. The lowest BCUT2D eigenvalue weighted by Crippen LogP contribution is -2.41. The van der Waals surface area contributed by atoms with Gasteiger partial charge in [-0.2, -0.15) is 0 Å². The van der Waals surface area contributed by atoms with Crippen molar-refractivity contribution in [1.29, 1.82) is 0 Å². The highest BCUT2D eigenvalue weighted by Gasteiger charge is 2.67. The van der Waals surface area contributed by atoms with Gasteiger partial charge in [0.2, 0.25) is 23.5 Å². The average molecular weight is 494 g/mol. The van der Waals surface area contributed by atoms with E-state index in [0.29, 0.717) is 40.9 Å². The second-order valence-corrected chi connectivity index (χ2v) is 8.96. The van der Waals surface area contributed by atoms with Gasteiger partial charge in [-0.15, -0.1) is 0 Å². The van der Waals surface area contributed by atoms with Crippen LogP contribution in [0.3, 0.4) is 0 Å². The van der Waals surface area contributed by atoms with Gasteiger partial charge in [0.15, 0.2) is 11.5 Å². The third-order valence-corrected chi connectivity index (χ3v) is 6.83. The zero-order valence-electron chi connectivity index (χ0n) is 20.4. The van der Waals surface area contributed by atoms with Crippen LogP contribution in [0.15, 0.2) is 48.6 Å². The zero-order valence-corrected chi connectivity index (χ0v) is 20.4. The van der Waals surface area contributed by atoms with E-state index in [4.69, 9.17) is 18.9 Å². The van der Waals surface area contributed by atoms with Crippen LogP contribution in [0.5, 0.6) is 17.2 Å². The first-order valence-corrected chi connectivity index (χ1v) is 11.5. The van der Waals surface area contributed by atoms with Gasteiger partial charge < -0.3 is 34.5 Å². The molecular formula is C26H27N3O7. The van der Waals surface area contributed by atoms with Crippen molar-refractivity contribution < 1.29 is 33.3 Å². The fourth-order valence-electron chi connectivity index (χ4n) is 5.32. The molecular weight excluding hydrogens is 466 g/mol. The average Bonchev–Trinajstić information content (AvgIpc) is 3.51. The van der Waals surface area contributed by atoms with Crippen molar-refractivity contribution in [3.8, 4) is 17.2 Å². The van der Waals surface area contributed by atoms with E-state index in [-0.39, 0.29) is 17.7 Å². The molecule has 0 aliphatic carbocycles. The van der Waals surface area contributed by atoms with Crippen LogP contribution in [0.2, 0.25) is 0 Å². The van der Waals surface area contributed by atoms with Crippen LogP contribution in [0.25, 0.3) is 0 Å². The number of nitrogens with zero attached hydrogens (tertiary/aromatic N) is 1. The highest BCUT2D eigenvalue weighted by Crippen LogP contribution is 2.53. The van der Waals surface area contributed by atoms with Crippen molar-refractivity contribution in [2.45, 2.75) is 18.6 Å². The van der Waals surface area contributed by atoms with Crippen molar-refractivity contribution in [1.82, 2.24) is 0 Å². The molecule has 3 heterocycles. The molecule has 2 aromatic rings. The highest BCUT2D eigenvalue weighted by atomic mass is 16.5. The minimum absolute atomic E-state index is 0.176. The first kappa shape index (κ1) is 23.7. The summed E-state index contributed by atoms with van der Waals surface area (Å²) in [6, 6.07) is 10.3. The van der Waals surface area contributed by atoms with E-state index in [2.05, 4.69) is 10.6 Å². The molecule has 2 saturated heterocycles. The molecule has 3 aliphatic rings. The summed E-state index contributed by atoms with van der Waals surface area (Å²) in [6.07, 6.45) is 3.26. The van der Waals surface area contributed by atoms with Gasteiger partial charge in [0.05, 0.1) is 45.8 Å². The molecule has 3 amide bonds. The van der Waals surface area contributed by atoms with E-state index in [1.165, 1.54) is 28.3 Å². The monoisotopic (exact) mass is 493 g/mol. The maximum absolute atomic E-state index is 13.6. The fraction of sp³-hybridized carbons (Fsp3) is 0.346. The van der Waals surface area contributed by atoms with E-state index < -0.39 is 23.5 Å². The number of fused-ring (bicyclic) bond motifs is 1. The Morgan fingerprint density at radius 3 is 2.25 bits per heavy atom. The van der Waals surface area contributed by atoms with Gasteiger partial charge in [-0.25, -0.2) is 0 Å². The van der Waals surface area contributed by atoms with E-state index in [9.17, 15) is 14.4 Å². The first-order chi connectivity index (χ1) is 17.3. The summed E-state index contributed by atoms with van der Waals surface area (Å²) in [4.78, 5) is 40.0. The summed E-state index contributed by atoms with van der Waals surface area (Å²) in [7, 11) is 4.49. The molecule has 0 aromatic heterocycles. The molecule has 2 bridgehead atoms. The number of benzene rings is 2. The van der Waals surface area contributed by atoms with Crippen molar-refractivity contribution in [2.24, 2.45) is 11.8 Å². The summed E-state index contributed by atoms with van der Waals surface area (Å²) in [5.41, 5.74) is 0.888. The van der Waals surface area contributed by atoms with Crippen LogP contribution in [0.4, 0.5) is 17.1 Å².